The highest BCUT2D eigenvalue weighted by Gasteiger charge is 2.70. The van der Waals surface area contributed by atoms with Crippen molar-refractivity contribution in [2.45, 2.75) is 137 Å². The van der Waals surface area contributed by atoms with Crippen LogP contribution in [0, 0.1) is 56.7 Å². The average Bonchev–Trinajstić information content (AvgIpc) is 3.50. The highest BCUT2D eigenvalue weighted by atomic mass is 32.2. The summed E-state index contributed by atoms with van der Waals surface area (Å²) in [6.07, 6.45) is 18.2. The third kappa shape index (κ3) is 7.27. The van der Waals surface area contributed by atoms with Crippen molar-refractivity contribution in [2.24, 2.45) is 56.7 Å². The summed E-state index contributed by atoms with van der Waals surface area (Å²) in [5.41, 5.74) is 4.77. The summed E-state index contributed by atoms with van der Waals surface area (Å²) in [6, 6.07) is 9.67. The van der Waals surface area contributed by atoms with Gasteiger partial charge in [0.2, 0.25) is 0 Å². The first-order valence-corrected chi connectivity index (χ1v) is 25.3. The van der Waals surface area contributed by atoms with Crippen molar-refractivity contribution in [3.63, 3.8) is 0 Å². The molecule has 5 fully saturated rings. The maximum Gasteiger partial charge on any atom is 0.315 e. The predicted octanol–water partition coefficient (Wildman–Crippen LogP) is 10.5. The maximum absolute atomic E-state index is 14.8. The van der Waals surface area contributed by atoms with Gasteiger partial charge in [-0.3, -0.25) is 4.79 Å². The molecule has 59 heavy (non-hydrogen) atoms. The van der Waals surface area contributed by atoms with Crippen molar-refractivity contribution in [2.75, 3.05) is 44.4 Å². The van der Waals surface area contributed by atoms with Gasteiger partial charge in [-0.2, -0.15) is 0 Å². The van der Waals surface area contributed by atoms with E-state index < -0.39 is 27.9 Å². The Labute approximate surface area is 356 Å². The Balaban J connectivity index is 0.994. The van der Waals surface area contributed by atoms with Crippen molar-refractivity contribution in [3.05, 3.63) is 71.3 Å². The molecular formula is C51H75FN2O4S. The third-order valence-electron chi connectivity index (χ3n) is 19.1. The van der Waals surface area contributed by atoms with E-state index in [-0.39, 0.29) is 33.8 Å². The van der Waals surface area contributed by atoms with Crippen LogP contribution in [0.5, 0.6) is 0 Å². The van der Waals surface area contributed by atoms with Crippen molar-refractivity contribution in [1.82, 2.24) is 10.2 Å². The normalized spacial score (nSPS) is 41.5. The topological polar surface area (TPSA) is 75.7 Å². The minimum absolute atomic E-state index is 0.0128. The second-order valence-corrected chi connectivity index (χ2v) is 24.4. The van der Waals surface area contributed by atoms with E-state index in [1.54, 1.807) is 0 Å². The lowest BCUT2D eigenvalue weighted by molar-refractivity contribution is -0.221. The minimum atomic E-state index is -2.91. The molecule has 1 aromatic carbocycles. The van der Waals surface area contributed by atoms with E-state index >= 15 is 0 Å². The van der Waals surface area contributed by atoms with Gasteiger partial charge >= 0.3 is 5.97 Å². The maximum atomic E-state index is 14.8. The highest BCUT2D eigenvalue weighted by Crippen LogP contribution is 2.76. The number of allylic oxidation sites excluding steroid dienone is 5. The smallest absolute Gasteiger partial charge is 0.315 e. The zero-order valence-corrected chi connectivity index (χ0v) is 38.2. The van der Waals surface area contributed by atoms with Crippen molar-refractivity contribution >= 4 is 15.8 Å². The Bertz CT molecular complexity index is 1940. The summed E-state index contributed by atoms with van der Waals surface area (Å²) in [6.45, 7) is 22.8. The number of halogens is 1. The largest absolute Gasteiger partial charge is 0.460 e. The Morgan fingerprint density at radius 3 is 2.39 bits per heavy atom. The van der Waals surface area contributed by atoms with Gasteiger partial charge in [-0.25, -0.2) is 12.8 Å². The van der Waals surface area contributed by atoms with Gasteiger partial charge in [-0.1, -0.05) is 89.3 Å². The Morgan fingerprint density at radius 2 is 1.68 bits per heavy atom. The number of carbonyl (C=O) groups excluding carboxylic acids is 1. The van der Waals surface area contributed by atoms with Crippen LogP contribution in [0.1, 0.15) is 131 Å². The van der Waals surface area contributed by atoms with Gasteiger partial charge in [0.15, 0.2) is 9.84 Å². The van der Waals surface area contributed by atoms with Gasteiger partial charge < -0.3 is 15.0 Å². The van der Waals surface area contributed by atoms with Gasteiger partial charge in [-0.05, 0) is 165 Å². The summed E-state index contributed by atoms with van der Waals surface area (Å²) >= 11 is 0. The molecule has 1 heterocycles. The molecule has 10 atom stereocenters. The van der Waals surface area contributed by atoms with Gasteiger partial charge in [0, 0.05) is 25.2 Å². The van der Waals surface area contributed by atoms with Crippen LogP contribution in [0.25, 0.3) is 0 Å². The lowest BCUT2D eigenvalue weighted by Gasteiger charge is -2.72. The number of ether oxygens (including phenoxy) is 1. The first-order valence-electron chi connectivity index (χ1n) is 23.4. The molecule has 1 N–H and O–H groups in total. The Hall–Kier alpha value is -2.29. The number of fused-ring (bicyclic) bond motifs is 7. The molecule has 8 rings (SSSR count). The Kier molecular flexibility index (Phi) is 11.6. The van der Waals surface area contributed by atoms with E-state index in [9.17, 15) is 17.6 Å². The molecule has 1 aromatic rings. The number of esters is 1. The number of benzene rings is 1. The van der Waals surface area contributed by atoms with Crippen molar-refractivity contribution in [3.8, 4) is 0 Å². The van der Waals surface area contributed by atoms with Crippen LogP contribution in [-0.2, 0) is 26.0 Å². The number of nitrogens with zero attached hydrogens (tertiary/aromatic N) is 1. The fraction of sp³-hybridized carbons (Fsp3) is 0.745. The highest BCUT2D eigenvalue weighted by molar-refractivity contribution is 7.91. The first kappa shape index (κ1) is 43.4. The number of hydrogen-bond acceptors (Lipinski definition) is 6. The lowest BCUT2D eigenvalue weighted by atomic mass is 9.33. The molecule has 0 bridgehead atoms. The number of alkyl halides is 1. The van der Waals surface area contributed by atoms with Crippen LogP contribution in [0.3, 0.4) is 0 Å². The van der Waals surface area contributed by atoms with E-state index in [1.165, 1.54) is 68.1 Å². The molecule has 1 unspecified atom stereocenters. The fourth-order valence-corrected chi connectivity index (χ4v) is 17.0. The van der Waals surface area contributed by atoms with Gasteiger partial charge in [0.1, 0.15) is 13.3 Å². The number of carbonyl (C=O) groups is 1. The first-order chi connectivity index (χ1) is 27.9. The predicted molar refractivity (Wildman–Crippen MR) is 237 cm³/mol. The molecule has 1 aliphatic heterocycles. The quantitative estimate of drug-likeness (QED) is 0.187. The van der Waals surface area contributed by atoms with Crippen LogP contribution in [0.15, 0.2) is 65.8 Å². The summed E-state index contributed by atoms with van der Waals surface area (Å²) in [5, 5.41) is 4.24. The standard InChI is InChI=1S/C51H75FN2O4S/c1-36(2)39-18-25-51(53-28-30-54-29-11-32-59(56,57)33-31-54)27-26-48(6)41(44(39)51)14-15-43-47(5)21-19-40(46(3,4)42(47)20-22-49(43,48)7)38-16-23-50(35-52,24-17-38)45(55)58-34-37-12-9-8-10-13-37/h8-10,12-13,16,19,39,41-44,53H,1,11,14-15,17-18,20-35H2,2-7H3/t39-,41+,42-,43+,44?,47-,48+,49+,50-,51-/m0/s1. The van der Waals surface area contributed by atoms with E-state index in [0.717, 1.165) is 38.0 Å². The third-order valence-corrected chi connectivity index (χ3v) is 20.8. The molecule has 0 aromatic heterocycles. The number of rotatable bonds is 10. The van der Waals surface area contributed by atoms with E-state index in [0.29, 0.717) is 66.9 Å². The zero-order chi connectivity index (χ0) is 42.1. The summed E-state index contributed by atoms with van der Waals surface area (Å²) in [7, 11) is -2.91. The number of nitrogens with one attached hydrogen (secondary N) is 1. The summed E-state index contributed by atoms with van der Waals surface area (Å²) < 4.78 is 45.1. The molecule has 326 valence electrons. The van der Waals surface area contributed by atoms with E-state index in [1.807, 2.05) is 30.3 Å². The second-order valence-electron chi connectivity index (χ2n) is 22.1. The minimum Gasteiger partial charge on any atom is -0.460 e. The average molecular weight is 831 g/mol. The van der Waals surface area contributed by atoms with Crippen LogP contribution in [0.2, 0.25) is 0 Å². The molecule has 6 nitrogen and oxygen atoms in total. The van der Waals surface area contributed by atoms with Crippen LogP contribution in [-0.4, -0.2) is 69.2 Å². The van der Waals surface area contributed by atoms with Crippen LogP contribution in [0.4, 0.5) is 4.39 Å². The van der Waals surface area contributed by atoms with Gasteiger partial charge in [0.25, 0.3) is 0 Å². The zero-order valence-electron chi connectivity index (χ0n) is 37.4. The van der Waals surface area contributed by atoms with Gasteiger partial charge in [0.05, 0.1) is 16.9 Å². The SMILES string of the molecule is C=C(C)[C@@H]1CC[C@]2(NCCN3CCCS(=O)(=O)CC3)CC[C@]3(C)[C@H](CC[C@@H]4[C@@]5(C)CC=C(C6=CC[C@](CF)(C(=O)OCc7ccccc7)CC6)C(C)(C)[C@@H]5CC[C@]43C)C12. The van der Waals surface area contributed by atoms with Crippen LogP contribution < -0.4 is 5.32 Å². The molecule has 7 aliphatic rings. The monoisotopic (exact) mass is 831 g/mol. The van der Waals surface area contributed by atoms with Crippen molar-refractivity contribution < 1.29 is 22.3 Å². The molecule has 0 radical (unpaired) electrons. The van der Waals surface area contributed by atoms with Gasteiger partial charge in [-0.15, -0.1) is 0 Å². The fourth-order valence-electron chi connectivity index (χ4n) is 15.7. The molecule has 6 aliphatic carbocycles. The summed E-state index contributed by atoms with van der Waals surface area (Å²) in [5.74, 6) is 3.21. The summed E-state index contributed by atoms with van der Waals surface area (Å²) in [4.78, 5) is 15.8. The Morgan fingerprint density at radius 1 is 0.898 bits per heavy atom. The van der Waals surface area contributed by atoms with E-state index in [2.05, 4.69) is 70.5 Å². The molecular weight excluding hydrogens is 756 g/mol. The second kappa shape index (κ2) is 15.8. The number of sulfone groups is 1. The lowest BCUT2D eigenvalue weighted by Crippen LogP contribution is -2.68. The molecule has 0 amide bonds. The van der Waals surface area contributed by atoms with E-state index in [4.69, 9.17) is 4.74 Å². The van der Waals surface area contributed by atoms with Crippen molar-refractivity contribution in [1.29, 1.82) is 0 Å². The molecule has 8 heteroatoms. The molecule has 0 spiro atoms. The molecule has 1 saturated heterocycles. The number of hydrogen-bond donors (Lipinski definition) is 1. The van der Waals surface area contributed by atoms with Crippen LogP contribution >= 0.6 is 0 Å². The molecule has 4 saturated carbocycles.